The molecule has 1 saturated heterocycles. The van der Waals surface area contributed by atoms with Crippen LogP contribution in [0.5, 0.6) is 0 Å². The van der Waals surface area contributed by atoms with E-state index < -0.39 is 9.84 Å². The SMILES string of the molecule is Cc1ccc(SC(C)C(=O)N(C)C2CCS(=O)(=O)C2)cc1C. The van der Waals surface area contributed by atoms with E-state index in [0.29, 0.717) is 6.42 Å². The molecule has 122 valence electrons. The maximum absolute atomic E-state index is 12.5. The molecule has 4 nitrogen and oxygen atoms in total. The summed E-state index contributed by atoms with van der Waals surface area (Å²) in [6, 6.07) is 5.99. The van der Waals surface area contributed by atoms with E-state index in [1.165, 1.54) is 22.9 Å². The third-order valence-corrected chi connectivity index (χ3v) is 7.07. The van der Waals surface area contributed by atoms with Crippen LogP contribution in [0.15, 0.2) is 23.1 Å². The molecule has 2 rings (SSSR count). The summed E-state index contributed by atoms with van der Waals surface area (Å²) in [6.45, 7) is 6.00. The Morgan fingerprint density at radius 2 is 2.00 bits per heavy atom. The van der Waals surface area contributed by atoms with Crippen molar-refractivity contribution in [3.63, 3.8) is 0 Å². The Morgan fingerprint density at radius 3 is 2.55 bits per heavy atom. The number of hydrogen-bond donors (Lipinski definition) is 0. The fourth-order valence-electron chi connectivity index (χ4n) is 2.59. The van der Waals surface area contributed by atoms with Crippen LogP contribution >= 0.6 is 11.8 Å². The van der Waals surface area contributed by atoms with E-state index in [1.807, 2.05) is 13.0 Å². The molecule has 22 heavy (non-hydrogen) atoms. The topological polar surface area (TPSA) is 54.5 Å². The van der Waals surface area contributed by atoms with Crippen molar-refractivity contribution < 1.29 is 13.2 Å². The zero-order valence-electron chi connectivity index (χ0n) is 13.5. The molecule has 1 aliphatic rings. The first-order chi connectivity index (χ1) is 10.2. The lowest BCUT2D eigenvalue weighted by Gasteiger charge is -2.26. The Bertz CT molecular complexity index is 670. The summed E-state index contributed by atoms with van der Waals surface area (Å²) in [5.74, 6) is 0.273. The molecule has 1 amide bonds. The summed E-state index contributed by atoms with van der Waals surface area (Å²) in [5.41, 5.74) is 2.44. The number of benzene rings is 1. The monoisotopic (exact) mass is 341 g/mol. The third-order valence-electron chi connectivity index (χ3n) is 4.24. The molecule has 2 atom stereocenters. The van der Waals surface area contributed by atoms with Gasteiger partial charge in [-0.1, -0.05) is 6.07 Å². The molecule has 6 heteroatoms. The van der Waals surface area contributed by atoms with Gasteiger partial charge in [0.25, 0.3) is 0 Å². The van der Waals surface area contributed by atoms with Gasteiger partial charge in [0, 0.05) is 18.0 Å². The highest BCUT2D eigenvalue weighted by Gasteiger charge is 2.34. The van der Waals surface area contributed by atoms with E-state index in [-0.39, 0.29) is 28.7 Å². The van der Waals surface area contributed by atoms with Crippen molar-refractivity contribution in [1.82, 2.24) is 4.90 Å². The second-order valence-corrected chi connectivity index (χ2v) is 9.66. The molecule has 1 aliphatic heterocycles. The highest BCUT2D eigenvalue weighted by atomic mass is 32.2. The standard InChI is InChI=1S/C16H23NO3S2/c1-11-5-6-15(9-12(11)2)21-13(3)16(18)17(4)14-7-8-22(19,20)10-14/h5-6,9,13-14H,7-8,10H2,1-4H3. The minimum atomic E-state index is -2.97. The number of amides is 1. The maximum atomic E-state index is 12.5. The van der Waals surface area contributed by atoms with Gasteiger partial charge in [-0.15, -0.1) is 11.8 Å². The van der Waals surface area contributed by atoms with Gasteiger partial charge in [-0.05, 0) is 50.5 Å². The van der Waals surface area contributed by atoms with Crippen molar-refractivity contribution in [2.75, 3.05) is 18.6 Å². The molecule has 0 saturated carbocycles. The van der Waals surface area contributed by atoms with Crippen LogP contribution in [0.2, 0.25) is 0 Å². The lowest BCUT2D eigenvalue weighted by Crippen LogP contribution is -2.41. The number of carbonyl (C=O) groups is 1. The molecule has 0 bridgehead atoms. The first-order valence-electron chi connectivity index (χ1n) is 7.40. The molecule has 0 radical (unpaired) electrons. The Morgan fingerprint density at radius 1 is 1.32 bits per heavy atom. The third kappa shape index (κ3) is 4.04. The first-order valence-corrected chi connectivity index (χ1v) is 10.1. The molecular formula is C16H23NO3S2. The van der Waals surface area contributed by atoms with Crippen molar-refractivity contribution in [2.24, 2.45) is 0 Å². The van der Waals surface area contributed by atoms with Crippen LogP contribution in [-0.4, -0.2) is 49.1 Å². The highest BCUT2D eigenvalue weighted by molar-refractivity contribution is 8.00. The van der Waals surface area contributed by atoms with Gasteiger partial charge in [0.1, 0.15) is 0 Å². The summed E-state index contributed by atoms with van der Waals surface area (Å²) < 4.78 is 23.1. The average Bonchev–Trinajstić information content (AvgIpc) is 2.81. The number of sulfone groups is 1. The van der Waals surface area contributed by atoms with Crippen molar-refractivity contribution in [3.05, 3.63) is 29.3 Å². The van der Waals surface area contributed by atoms with Gasteiger partial charge in [0.15, 0.2) is 9.84 Å². The van der Waals surface area contributed by atoms with Crippen LogP contribution < -0.4 is 0 Å². The second-order valence-electron chi connectivity index (χ2n) is 6.01. The van der Waals surface area contributed by atoms with Gasteiger partial charge in [-0.3, -0.25) is 4.79 Å². The van der Waals surface area contributed by atoms with Crippen molar-refractivity contribution in [2.45, 2.75) is 43.4 Å². The summed E-state index contributed by atoms with van der Waals surface area (Å²) in [6.07, 6.45) is 0.547. The lowest BCUT2D eigenvalue weighted by molar-refractivity contribution is -0.130. The predicted octanol–water partition coefficient (Wildman–Crippen LogP) is 2.43. The van der Waals surface area contributed by atoms with Crippen LogP contribution in [-0.2, 0) is 14.6 Å². The molecule has 1 fully saturated rings. The number of rotatable bonds is 4. The summed E-state index contributed by atoms with van der Waals surface area (Å²) in [7, 11) is -1.26. The lowest BCUT2D eigenvalue weighted by atomic mass is 10.1. The van der Waals surface area contributed by atoms with E-state index >= 15 is 0 Å². The normalized spacial score (nSPS) is 21.5. The smallest absolute Gasteiger partial charge is 0.235 e. The Kier molecular flexibility index (Phi) is 5.22. The summed E-state index contributed by atoms with van der Waals surface area (Å²) >= 11 is 1.52. The molecule has 1 aromatic carbocycles. The molecular weight excluding hydrogens is 318 g/mol. The summed E-state index contributed by atoms with van der Waals surface area (Å²) in [4.78, 5) is 15.2. The number of carbonyl (C=O) groups excluding carboxylic acids is 1. The van der Waals surface area contributed by atoms with Gasteiger partial charge in [0.05, 0.1) is 16.8 Å². The molecule has 0 spiro atoms. The Balaban J connectivity index is 2.01. The zero-order chi connectivity index (χ0) is 16.5. The Labute approximate surface area is 137 Å². The van der Waals surface area contributed by atoms with Crippen molar-refractivity contribution >= 4 is 27.5 Å². The molecule has 0 aliphatic carbocycles. The van der Waals surface area contributed by atoms with E-state index in [4.69, 9.17) is 0 Å². The summed E-state index contributed by atoms with van der Waals surface area (Å²) in [5, 5.41) is -0.226. The quantitative estimate of drug-likeness (QED) is 0.789. The second kappa shape index (κ2) is 6.62. The van der Waals surface area contributed by atoms with Gasteiger partial charge in [-0.2, -0.15) is 0 Å². The van der Waals surface area contributed by atoms with Crippen LogP contribution in [0.1, 0.15) is 24.5 Å². The number of thioether (sulfide) groups is 1. The molecule has 1 aromatic rings. The van der Waals surface area contributed by atoms with Gasteiger partial charge in [-0.25, -0.2) is 8.42 Å². The predicted molar refractivity (Wildman–Crippen MR) is 91.1 cm³/mol. The maximum Gasteiger partial charge on any atom is 0.235 e. The number of nitrogens with zero attached hydrogens (tertiary/aromatic N) is 1. The fourth-order valence-corrected chi connectivity index (χ4v) is 5.43. The minimum absolute atomic E-state index is 0.00896. The molecule has 2 unspecified atom stereocenters. The molecule has 0 aromatic heterocycles. The van der Waals surface area contributed by atoms with Crippen molar-refractivity contribution in [1.29, 1.82) is 0 Å². The van der Waals surface area contributed by atoms with E-state index in [0.717, 1.165) is 4.90 Å². The van der Waals surface area contributed by atoms with Gasteiger partial charge in [0.2, 0.25) is 5.91 Å². The van der Waals surface area contributed by atoms with Crippen LogP contribution in [0.25, 0.3) is 0 Å². The first kappa shape index (κ1) is 17.3. The van der Waals surface area contributed by atoms with Crippen LogP contribution in [0.4, 0.5) is 0 Å². The number of hydrogen-bond acceptors (Lipinski definition) is 4. The highest BCUT2D eigenvalue weighted by Crippen LogP contribution is 2.27. The van der Waals surface area contributed by atoms with Crippen LogP contribution in [0.3, 0.4) is 0 Å². The Hall–Kier alpha value is -1.01. The zero-order valence-corrected chi connectivity index (χ0v) is 15.1. The average molecular weight is 341 g/mol. The minimum Gasteiger partial charge on any atom is -0.341 e. The molecule has 1 heterocycles. The fraction of sp³-hybridized carbons (Fsp3) is 0.562. The molecule has 0 N–H and O–H groups in total. The van der Waals surface area contributed by atoms with E-state index in [1.54, 1.807) is 11.9 Å². The largest absolute Gasteiger partial charge is 0.341 e. The van der Waals surface area contributed by atoms with Crippen molar-refractivity contribution in [3.8, 4) is 0 Å². The van der Waals surface area contributed by atoms with E-state index in [2.05, 4.69) is 26.0 Å². The van der Waals surface area contributed by atoms with Gasteiger partial charge < -0.3 is 4.90 Å². The van der Waals surface area contributed by atoms with E-state index in [9.17, 15) is 13.2 Å². The van der Waals surface area contributed by atoms with Crippen LogP contribution in [0, 0.1) is 13.8 Å². The number of aryl methyl sites for hydroxylation is 2. The van der Waals surface area contributed by atoms with Gasteiger partial charge >= 0.3 is 0 Å².